The van der Waals surface area contributed by atoms with Crippen LogP contribution in [0.15, 0.2) is 89.5 Å². The fourth-order valence-corrected chi connectivity index (χ4v) is 4.08. The van der Waals surface area contributed by atoms with Crippen molar-refractivity contribution in [3.05, 3.63) is 119 Å². The summed E-state index contributed by atoms with van der Waals surface area (Å²) in [7, 11) is 0. The number of nitrogens with one attached hydrogen (secondary N) is 1. The minimum Gasteiger partial charge on any atom is -0.454 e. The second kappa shape index (κ2) is 12.0. The summed E-state index contributed by atoms with van der Waals surface area (Å²) in [5.41, 5.74) is 2.11. The summed E-state index contributed by atoms with van der Waals surface area (Å²) in [6.45, 7) is 3.75. The van der Waals surface area contributed by atoms with Crippen molar-refractivity contribution in [3.63, 3.8) is 0 Å². The molecule has 0 aliphatic heterocycles. The molecular formula is C29H30FN3O3. The molecule has 36 heavy (non-hydrogen) atoms. The molecule has 1 N–H and O–H groups in total. The highest BCUT2D eigenvalue weighted by atomic mass is 19.1. The number of rotatable bonds is 11. The van der Waals surface area contributed by atoms with Gasteiger partial charge in [-0.1, -0.05) is 49.4 Å². The molecule has 4 aromatic rings. The average molecular weight is 488 g/mol. The summed E-state index contributed by atoms with van der Waals surface area (Å²) in [6, 6.07) is 23.3. The largest absolute Gasteiger partial charge is 0.454 e. The normalized spacial score (nSPS) is 10.8. The highest BCUT2D eigenvalue weighted by Gasteiger charge is 2.20. The standard InChI is InChI=1S/C29H30FN3O3/c1-2-18-33(29(35)25-12-6-7-13-26(25)30)20-23-11-8-19-32(23)21-24-14-15-27(36-24)28(34)31-17-16-22-9-4-3-5-10-22/h3-15,19H,2,16-18,20-21H2,1H3,(H,31,34). The Hall–Kier alpha value is -4.13. The highest BCUT2D eigenvalue weighted by molar-refractivity contribution is 5.94. The van der Waals surface area contributed by atoms with E-state index in [1.807, 2.05) is 60.2 Å². The smallest absolute Gasteiger partial charge is 0.287 e. The number of hydrogen-bond donors (Lipinski definition) is 1. The van der Waals surface area contributed by atoms with Gasteiger partial charge >= 0.3 is 0 Å². The Balaban J connectivity index is 1.38. The SMILES string of the molecule is CCCN(Cc1cccn1Cc1ccc(C(=O)NCCc2ccccc2)o1)C(=O)c1ccccc1F. The molecule has 0 aliphatic rings. The number of benzene rings is 2. The van der Waals surface area contributed by atoms with Crippen molar-refractivity contribution in [2.24, 2.45) is 0 Å². The molecule has 2 aromatic heterocycles. The topological polar surface area (TPSA) is 67.5 Å². The second-order valence-corrected chi connectivity index (χ2v) is 8.59. The van der Waals surface area contributed by atoms with Crippen molar-refractivity contribution in [2.45, 2.75) is 32.9 Å². The third-order valence-electron chi connectivity index (χ3n) is 5.92. The number of carbonyl (C=O) groups is 2. The van der Waals surface area contributed by atoms with Crippen molar-refractivity contribution >= 4 is 11.8 Å². The summed E-state index contributed by atoms with van der Waals surface area (Å²) < 4.78 is 22.0. The lowest BCUT2D eigenvalue weighted by atomic mass is 10.1. The van der Waals surface area contributed by atoms with Crippen LogP contribution in [0.3, 0.4) is 0 Å². The van der Waals surface area contributed by atoms with Crippen LogP contribution in [0.2, 0.25) is 0 Å². The molecule has 0 atom stereocenters. The third kappa shape index (κ3) is 6.30. The predicted octanol–water partition coefficient (Wildman–Crippen LogP) is 5.29. The zero-order valence-corrected chi connectivity index (χ0v) is 20.3. The lowest BCUT2D eigenvalue weighted by Crippen LogP contribution is -2.32. The Kier molecular flexibility index (Phi) is 8.34. The molecule has 7 heteroatoms. The quantitative estimate of drug-likeness (QED) is 0.312. The molecular weight excluding hydrogens is 457 g/mol. The second-order valence-electron chi connectivity index (χ2n) is 8.59. The van der Waals surface area contributed by atoms with Gasteiger partial charge in [0.25, 0.3) is 11.8 Å². The first-order valence-corrected chi connectivity index (χ1v) is 12.1. The van der Waals surface area contributed by atoms with E-state index in [1.54, 1.807) is 29.2 Å². The van der Waals surface area contributed by atoms with E-state index >= 15 is 0 Å². The minimum atomic E-state index is -0.524. The van der Waals surface area contributed by atoms with E-state index in [1.165, 1.54) is 12.1 Å². The Morgan fingerprint density at radius 1 is 0.972 bits per heavy atom. The van der Waals surface area contributed by atoms with E-state index < -0.39 is 5.82 Å². The maximum atomic E-state index is 14.2. The van der Waals surface area contributed by atoms with E-state index in [0.29, 0.717) is 31.9 Å². The fourth-order valence-electron chi connectivity index (χ4n) is 4.08. The van der Waals surface area contributed by atoms with Gasteiger partial charge in [-0.3, -0.25) is 9.59 Å². The summed E-state index contributed by atoms with van der Waals surface area (Å²) >= 11 is 0. The van der Waals surface area contributed by atoms with Gasteiger partial charge in [0.15, 0.2) is 5.76 Å². The summed E-state index contributed by atoms with van der Waals surface area (Å²) in [5.74, 6) is -0.231. The first kappa shape index (κ1) is 25.0. The maximum Gasteiger partial charge on any atom is 0.287 e. The average Bonchev–Trinajstić information content (AvgIpc) is 3.54. The number of hydrogen-bond acceptors (Lipinski definition) is 3. The molecule has 2 amide bonds. The summed E-state index contributed by atoms with van der Waals surface area (Å²) in [6.07, 6.45) is 3.39. The van der Waals surface area contributed by atoms with E-state index in [2.05, 4.69) is 5.32 Å². The molecule has 0 radical (unpaired) electrons. The molecule has 4 rings (SSSR count). The molecule has 0 aliphatic carbocycles. The molecule has 6 nitrogen and oxygen atoms in total. The van der Waals surface area contributed by atoms with Crippen LogP contribution in [0.25, 0.3) is 0 Å². The Morgan fingerprint density at radius 2 is 1.75 bits per heavy atom. The van der Waals surface area contributed by atoms with Crippen molar-refractivity contribution in [1.29, 1.82) is 0 Å². The number of nitrogens with zero attached hydrogens (tertiary/aromatic N) is 2. The van der Waals surface area contributed by atoms with E-state index in [0.717, 1.165) is 24.1 Å². The van der Waals surface area contributed by atoms with Gasteiger partial charge in [-0.25, -0.2) is 4.39 Å². The number of halogens is 1. The first-order valence-electron chi connectivity index (χ1n) is 12.1. The monoisotopic (exact) mass is 487 g/mol. The first-order chi connectivity index (χ1) is 17.5. The van der Waals surface area contributed by atoms with Gasteiger partial charge in [0.2, 0.25) is 0 Å². The van der Waals surface area contributed by atoms with E-state index in [4.69, 9.17) is 4.42 Å². The molecule has 0 fully saturated rings. The number of aromatic nitrogens is 1. The number of amides is 2. The Morgan fingerprint density at radius 3 is 2.53 bits per heavy atom. The van der Waals surface area contributed by atoms with E-state index in [9.17, 15) is 14.0 Å². The van der Waals surface area contributed by atoms with Crippen LogP contribution in [0.4, 0.5) is 4.39 Å². The Labute approximate surface area is 210 Å². The van der Waals surface area contributed by atoms with Crippen molar-refractivity contribution in [1.82, 2.24) is 14.8 Å². The van der Waals surface area contributed by atoms with Gasteiger partial charge in [0, 0.05) is 25.0 Å². The summed E-state index contributed by atoms with van der Waals surface area (Å²) in [5, 5.41) is 2.89. The van der Waals surface area contributed by atoms with Crippen molar-refractivity contribution < 1.29 is 18.4 Å². The Bertz CT molecular complexity index is 1300. The minimum absolute atomic E-state index is 0.0676. The fraction of sp³-hybridized carbons (Fsp3) is 0.241. The van der Waals surface area contributed by atoms with E-state index in [-0.39, 0.29) is 23.1 Å². The molecule has 0 saturated carbocycles. The van der Waals surface area contributed by atoms with Crippen LogP contribution in [-0.2, 0) is 19.5 Å². The molecule has 2 aromatic carbocycles. The van der Waals surface area contributed by atoms with Crippen molar-refractivity contribution in [2.75, 3.05) is 13.1 Å². The predicted molar refractivity (Wildman–Crippen MR) is 136 cm³/mol. The van der Waals surface area contributed by atoms with Crippen molar-refractivity contribution in [3.8, 4) is 0 Å². The van der Waals surface area contributed by atoms with Gasteiger partial charge in [0.1, 0.15) is 11.6 Å². The molecule has 2 heterocycles. The third-order valence-corrected chi connectivity index (χ3v) is 5.92. The van der Waals surface area contributed by atoms with Gasteiger partial charge < -0.3 is 19.2 Å². The van der Waals surface area contributed by atoms with Crippen LogP contribution in [-0.4, -0.2) is 34.4 Å². The van der Waals surface area contributed by atoms with Crippen LogP contribution in [0.1, 0.15) is 51.3 Å². The van der Waals surface area contributed by atoms with Gasteiger partial charge in [-0.15, -0.1) is 0 Å². The van der Waals surface area contributed by atoms with Crippen LogP contribution >= 0.6 is 0 Å². The lowest BCUT2D eigenvalue weighted by molar-refractivity contribution is 0.0734. The molecule has 0 bridgehead atoms. The molecule has 0 saturated heterocycles. The van der Waals surface area contributed by atoms with Gasteiger partial charge in [-0.2, -0.15) is 0 Å². The number of carbonyl (C=O) groups excluding carboxylic acids is 2. The van der Waals surface area contributed by atoms with Crippen LogP contribution in [0, 0.1) is 5.82 Å². The van der Waals surface area contributed by atoms with Crippen LogP contribution in [0.5, 0.6) is 0 Å². The van der Waals surface area contributed by atoms with Crippen LogP contribution < -0.4 is 5.32 Å². The highest BCUT2D eigenvalue weighted by Crippen LogP contribution is 2.17. The molecule has 0 unspecified atom stereocenters. The maximum absolute atomic E-state index is 14.2. The molecule has 186 valence electrons. The summed E-state index contributed by atoms with van der Waals surface area (Å²) in [4.78, 5) is 27.2. The lowest BCUT2D eigenvalue weighted by Gasteiger charge is -2.23. The van der Waals surface area contributed by atoms with Gasteiger partial charge in [0.05, 0.1) is 18.7 Å². The zero-order chi connectivity index (χ0) is 25.3. The van der Waals surface area contributed by atoms with Gasteiger partial charge in [-0.05, 0) is 54.8 Å². The zero-order valence-electron chi connectivity index (χ0n) is 20.3. The number of furan rings is 1. The molecule has 0 spiro atoms.